The highest BCUT2D eigenvalue weighted by molar-refractivity contribution is 7.89. The minimum Gasteiger partial charge on any atom is -0.351 e. The third-order valence-electron chi connectivity index (χ3n) is 6.48. The second-order valence-electron chi connectivity index (χ2n) is 8.79. The van der Waals surface area contributed by atoms with E-state index in [0.29, 0.717) is 12.8 Å². The van der Waals surface area contributed by atoms with E-state index in [1.54, 1.807) is 0 Å². The van der Waals surface area contributed by atoms with Crippen molar-refractivity contribution in [1.82, 2.24) is 24.6 Å². The lowest BCUT2D eigenvalue weighted by Gasteiger charge is -2.25. The fourth-order valence-electron chi connectivity index (χ4n) is 4.60. The number of rotatable bonds is 6. The second-order valence-corrected chi connectivity index (χ2v) is 10.6. The van der Waals surface area contributed by atoms with Crippen LogP contribution in [0, 0.1) is 17.6 Å². The average Bonchev–Trinajstić information content (AvgIpc) is 3.41. The Bertz CT molecular complexity index is 1440. The first kappa shape index (κ1) is 25.1. The summed E-state index contributed by atoms with van der Waals surface area (Å²) in [5.41, 5.74) is 0.174. The minimum atomic E-state index is -4.72. The predicted octanol–water partition coefficient (Wildman–Crippen LogP) is 3.30. The molecule has 1 N–H and O–H groups in total. The molecule has 3 aromatic rings. The predicted molar refractivity (Wildman–Crippen MR) is 118 cm³/mol. The zero-order chi connectivity index (χ0) is 26.5. The Hall–Kier alpha value is -3.52. The fraction of sp³-hybridized carbons (Fsp3) is 0.304. The number of pyridine rings is 1. The van der Waals surface area contributed by atoms with Crippen LogP contribution in [0.1, 0.15) is 24.2 Å². The maximum absolute atomic E-state index is 14.4. The molecule has 1 amide bonds. The Labute approximate surface area is 207 Å². The first-order chi connectivity index (χ1) is 17.4. The molecule has 0 radical (unpaired) electrons. The number of sulfonamides is 1. The Morgan fingerprint density at radius 2 is 1.68 bits per heavy atom. The van der Waals surface area contributed by atoms with Gasteiger partial charge in [-0.15, -0.1) is 0 Å². The molecule has 1 atom stereocenters. The van der Waals surface area contributed by atoms with Crippen molar-refractivity contribution in [2.75, 3.05) is 0 Å². The van der Waals surface area contributed by atoms with Crippen molar-refractivity contribution in [2.45, 2.75) is 42.5 Å². The molecule has 14 heteroatoms. The van der Waals surface area contributed by atoms with Crippen LogP contribution in [0.3, 0.4) is 0 Å². The number of nitrogens with zero attached hydrogens (tertiary/aromatic N) is 4. The van der Waals surface area contributed by atoms with E-state index in [-0.39, 0.29) is 40.2 Å². The topological polar surface area (TPSA) is 105 Å². The van der Waals surface area contributed by atoms with Gasteiger partial charge in [-0.05, 0) is 49.1 Å². The largest absolute Gasteiger partial charge is 0.451 e. The van der Waals surface area contributed by atoms with Gasteiger partial charge in [0.25, 0.3) is 0 Å². The molecule has 0 spiro atoms. The monoisotopic (exact) mass is 539 g/mol. The molecule has 2 aromatic heterocycles. The van der Waals surface area contributed by atoms with Gasteiger partial charge in [0.05, 0.1) is 16.8 Å². The van der Waals surface area contributed by atoms with Gasteiger partial charge in [-0.2, -0.15) is 17.5 Å². The summed E-state index contributed by atoms with van der Waals surface area (Å²) in [6.07, 6.45) is -1.06. The Balaban J connectivity index is 1.32. The molecule has 4 heterocycles. The summed E-state index contributed by atoms with van der Waals surface area (Å²) < 4.78 is 93.3. The number of nitrogens with one attached hydrogen (secondary N) is 1. The van der Waals surface area contributed by atoms with E-state index < -0.39 is 45.6 Å². The van der Waals surface area contributed by atoms with E-state index in [1.165, 1.54) is 6.07 Å². The molecule has 3 aliphatic rings. The van der Waals surface area contributed by atoms with Crippen molar-refractivity contribution >= 4 is 15.9 Å². The molecule has 0 unspecified atom stereocenters. The van der Waals surface area contributed by atoms with Crippen LogP contribution in [0.15, 0.2) is 53.8 Å². The zero-order valence-corrected chi connectivity index (χ0v) is 19.6. The fourth-order valence-corrected chi connectivity index (χ4v) is 6.46. The first-order valence-corrected chi connectivity index (χ1v) is 12.5. The number of benzene rings is 1. The molecule has 6 rings (SSSR count). The van der Waals surface area contributed by atoms with Gasteiger partial charge in [-0.1, -0.05) is 0 Å². The van der Waals surface area contributed by atoms with E-state index in [9.17, 15) is 35.2 Å². The standard InChI is InChI=1S/C23H18F5N5O3S/c24-15-1-3-17(4-2-15)37(35,36)33-16-5-12(6-16)20(33)21(34)30-8-13-7-19(29-11-18(13)25)14-9-31-22(32-10-14)23(26,27)28/h1-4,7,9-12,16,20H,5-6,8H2,(H,30,34)/t12?,16?,20-/m0/s1. The number of carbonyl (C=O) groups is 1. The number of fused-ring (bicyclic) bond motifs is 1. The highest BCUT2D eigenvalue weighted by atomic mass is 32.2. The molecular weight excluding hydrogens is 521 g/mol. The number of hydrogen-bond acceptors (Lipinski definition) is 6. The van der Waals surface area contributed by atoms with Crippen LogP contribution in [0.2, 0.25) is 0 Å². The van der Waals surface area contributed by atoms with Crippen molar-refractivity contribution < 1.29 is 35.2 Å². The molecule has 1 aliphatic carbocycles. The Morgan fingerprint density at radius 1 is 1.03 bits per heavy atom. The summed E-state index contributed by atoms with van der Waals surface area (Å²) in [5, 5.41) is 2.56. The van der Waals surface area contributed by atoms with E-state index >= 15 is 0 Å². The van der Waals surface area contributed by atoms with Crippen LogP contribution in [-0.4, -0.2) is 45.7 Å². The number of alkyl halides is 3. The number of carbonyl (C=O) groups excluding carboxylic acids is 1. The highest BCUT2D eigenvalue weighted by Gasteiger charge is 2.58. The summed E-state index contributed by atoms with van der Waals surface area (Å²) in [7, 11) is -4.08. The lowest BCUT2D eigenvalue weighted by atomic mass is 9.83. The van der Waals surface area contributed by atoms with Gasteiger partial charge in [0.1, 0.15) is 17.7 Å². The molecule has 2 bridgehead atoms. The quantitative estimate of drug-likeness (QED) is 0.482. The smallest absolute Gasteiger partial charge is 0.351 e. The molecule has 3 fully saturated rings. The highest BCUT2D eigenvalue weighted by Crippen LogP contribution is 2.48. The molecule has 8 nitrogen and oxygen atoms in total. The van der Waals surface area contributed by atoms with Crippen molar-refractivity contribution in [3.8, 4) is 11.3 Å². The van der Waals surface area contributed by atoms with Gasteiger partial charge in [0, 0.05) is 36.1 Å². The van der Waals surface area contributed by atoms with Gasteiger partial charge >= 0.3 is 6.18 Å². The van der Waals surface area contributed by atoms with Crippen LogP contribution >= 0.6 is 0 Å². The van der Waals surface area contributed by atoms with Crippen molar-refractivity contribution in [3.63, 3.8) is 0 Å². The molecular formula is C23H18F5N5O3S. The lowest BCUT2D eigenvalue weighted by Crippen LogP contribution is -2.46. The summed E-state index contributed by atoms with van der Waals surface area (Å²) in [4.78, 5) is 23.3. The molecule has 1 aromatic carbocycles. The molecule has 194 valence electrons. The van der Waals surface area contributed by atoms with Gasteiger partial charge < -0.3 is 5.32 Å². The van der Waals surface area contributed by atoms with Crippen molar-refractivity contribution in [1.29, 1.82) is 0 Å². The van der Waals surface area contributed by atoms with Crippen LogP contribution in [0.5, 0.6) is 0 Å². The van der Waals surface area contributed by atoms with E-state index in [1.807, 2.05) is 0 Å². The Morgan fingerprint density at radius 3 is 2.30 bits per heavy atom. The molecule has 37 heavy (non-hydrogen) atoms. The van der Waals surface area contributed by atoms with Gasteiger partial charge in [-0.25, -0.2) is 27.2 Å². The summed E-state index contributed by atoms with van der Waals surface area (Å²) in [6.45, 7) is -0.319. The Kier molecular flexibility index (Phi) is 6.18. The van der Waals surface area contributed by atoms with Crippen molar-refractivity contribution in [2.24, 2.45) is 5.92 Å². The lowest BCUT2D eigenvalue weighted by molar-refractivity contribution is -0.145. The average molecular weight is 539 g/mol. The SMILES string of the molecule is O=C(NCc1cc(-c2cnc(C(F)(F)F)nc2)ncc1F)[C@@H]1C2CC(C2)N1S(=O)(=O)c1ccc(F)cc1. The van der Waals surface area contributed by atoms with Gasteiger partial charge in [-0.3, -0.25) is 9.78 Å². The van der Waals surface area contributed by atoms with Crippen LogP contribution in [-0.2, 0) is 27.5 Å². The summed E-state index contributed by atoms with van der Waals surface area (Å²) in [5.74, 6) is -3.53. The zero-order valence-electron chi connectivity index (χ0n) is 18.8. The van der Waals surface area contributed by atoms with Gasteiger partial charge in [0.2, 0.25) is 21.8 Å². The maximum Gasteiger partial charge on any atom is 0.451 e. The number of hydrogen-bond donors (Lipinski definition) is 1. The second kappa shape index (κ2) is 9.10. The van der Waals surface area contributed by atoms with Crippen molar-refractivity contribution in [3.05, 3.63) is 71.9 Å². The maximum atomic E-state index is 14.4. The van der Waals surface area contributed by atoms with E-state index in [2.05, 4.69) is 20.3 Å². The normalized spacial score (nSPS) is 21.5. The van der Waals surface area contributed by atoms with Crippen LogP contribution < -0.4 is 5.32 Å². The molecule has 1 saturated carbocycles. The van der Waals surface area contributed by atoms with Crippen LogP contribution in [0.4, 0.5) is 22.0 Å². The minimum absolute atomic E-state index is 0.0171. The third kappa shape index (κ3) is 4.66. The number of aromatic nitrogens is 3. The van der Waals surface area contributed by atoms with E-state index in [4.69, 9.17) is 0 Å². The summed E-state index contributed by atoms with van der Waals surface area (Å²) in [6, 6.07) is 4.18. The molecule has 2 saturated heterocycles. The number of halogens is 5. The van der Waals surface area contributed by atoms with Crippen LogP contribution in [0.25, 0.3) is 11.3 Å². The van der Waals surface area contributed by atoms with Gasteiger partial charge in [0.15, 0.2) is 0 Å². The first-order valence-electron chi connectivity index (χ1n) is 11.1. The third-order valence-corrected chi connectivity index (χ3v) is 8.43. The van der Waals surface area contributed by atoms with E-state index in [0.717, 1.165) is 47.2 Å². The summed E-state index contributed by atoms with van der Waals surface area (Å²) >= 11 is 0. The molecule has 2 aliphatic heterocycles. The number of amides is 1.